The number of aromatic nitrogens is 2. The van der Waals surface area contributed by atoms with Gasteiger partial charge in [-0.15, -0.1) is 0 Å². The Bertz CT molecular complexity index is 423. The zero-order valence-electron chi connectivity index (χ0n) is 12.8. The van der Waals surface area contributed by atoms with Gasteiger partial charge in [0.2, 0.25) is 5.91 Å². The van der Waals surface area contributed by atoms with E-state index in [1.807, 2.05) is 0 Å². The van der Waals surface area contributed by atoms with Crippen molar-refractivity contribution in [3.05, 3.63) is 16.7 Å². The van der Waals surface area contributed by atoms with E-state index in [-0.39, 0.29) is 5.91 Å². The highest BCUT2D eigenvalue weighted by Gasteiger charge is 2.07. The van der Waals surface area contributed by atoms with Gasteiger partial charge in [-0.3, -0.25) is 4.79 Å². The SMILES string of the molecule is CCCCc1nc(Cl)c(CNCCC(=O)NCCOC)[nH]1. The summed E-state index contributed by atoms with van der Waals surface area (Å²) in [6.07, 6.45) is 3.57. The topological polar surface area (TPSA) is 79.0 Å². The molecular weight excluding hydrogens is 292 g/mol. The molecule has 0 aromatic carbocycles. The predicted octanol–water partition coefficient (Wildman–Crippen LogP) is 1.65. The molecule has 0 saturated heterocycles. The lowest BCUT2D eigenvalue weighted by molar-refractivity contribution is -0.121. The fourth-order valence-electron chi connectivity index (χ4n) is 1.82. The Hall–Kier alpha value is -1.11. The summed E-state index contributed by atoms with van der Waals surface area (Å²) in [4.78, 5) is 19.0. The second kappa shape index (κ2) is 10.6. The first-order valence-electron chi connectivity index (χ1n) is 7.37. The van der Waals surface area contributed by atoms with Gasteiger partial charge in [0.25, 0.3) is 0 Å². The first kappa shape index (κ1) is 17.9. The lowest BCUT2D eigenvalue weighted by Gasteiger charge is -2.05. The van der Waals surface area contributed by atoms with Crippen molar-refractivity contribution in [2.75, 3.05) is 26.8 Å². The number of methoxy groups -OCH3 is 1. The molecule has 1 rings (SSSR count). The standard InChI is InChI=1S/C14H25ClN4O2/c1-3-4-5-12-18-11(14(15)19-12)10-16-7-6-13(20)17-8-9-21-2/h16H,3-10H2,1-2H3,(H,17,20)(H,18,19). The Morgan fingerprint density at radius 2 is 2.24 bits per heavy atom. The quantitative estimate of drug-likeness (QED) is 0.542. The number of carbonyl (C=O) groups is 1. The number of halogens is 1. The van der Waals surface area contributed by atoms with Gasteiger partial charge in [0.15, 0.2) is 5.15 Å². The Morgan fingerprint density at radius 1 is 1.43 bits per heavy atom. The molecule has 0 fully saturated rings. The summed E-state index contributed by atoms with van der Waals surface area (Å²) >= 11 is 6.07. The van der Waals surface area contributed by atoms with Gasteiger partial charge in [0.05, 0.1) is 12.3 Å². The lowest BCUT2D eigenvalue weighted by atomic mass is 10.2. The molecule has 21 heavy (non-hydrogen) atoms. The van der Waals surface area contributed by atoms with Gasteiger partial charge in [-0.1, -0.05) is 24.9 Å². The van der Waals surface area contributed by atoms with E-state index in [9.17, 15) is 4.79 Å². The first-order valence-corrected chi connectivity index (χ1v) is 7.74. The molecule has 0 bridgehead atoms. The van der Waals surface area contributed by atoms with Crippen molar-refractivity contribution in [1.29, 1.82) is 0 Å². The van der Waals surface area contributed by atoms with Crippen LogP contribution in [0.2, 0.25) is 5.15 Å². The van der Waals surface area contributed by atoms with E-state index >= 15 is 0 Å². The van der Waals surface area contributed by atoms with Crippen LogP contribution in [0, 0.1) is 0 Å². The molecule has 0 radical (unpaired) electrons. The third-order valence-corrected chi connectivity index (χ3v) is 3.32. The molecule has 1 aromatic rings. The van der Waals surface area contributed by atoms with Crippen LogP contribution in [0.5, 0.6) is 0 Å². The summed E-state index contributed by atoms with van der Waals surface area (Å²) in [6, 6.07) is 0. The summed E-state index contributed by atoms with van der Waals surface area (Å²) in [6.45, 7) is 4.40. The molecule has 3 N–H and O–H groups in total. The maximum absolute atomic E-state index is 11.5. The zero-order chi connectivity index (χ0) is 15.5. The number of carbonyl (C=O) groups excluding carboxylic acids is 1. The lowest BCUT2D eigenvalue weighted by Crippen LogP contribution is -2.30. The Kier molecular flexibility index (Phi) is 9.05. The summed E-state index contributed by atoms with van der Waals surface area (Å²) < 4.78 is 4.86. The molecule has 0 aliphatic carbocycles. The van der Waals surface area contributed by atoms with Crippen LogP contribution in [0.25, 0.3) is 0 Å². The second-order valence-corrected chi connectivity index (χ2v) is 5.18. The Balaban J connectivity index is 2.20. The Labute approximate surface area is 131 Å². The molecule has 0 saturated carbocycles. The molecule has 0 unspecified atom stereocenters. The van der Waals surface area contributed by atoms with E-state index in [1.54, 1.807) is 7.11 Å². The third-order valence-electron chi connectivity index (χ3n) is 3.00. The van der Waals surface area contributed by atoms with Crippen LogP contribution in [-0.2, 0) is 22.5 Å². The molecule has 1 aromatic heterocycles. The third kappa shape index (κ3) is 7.45. The minimum absolute atomic E-state index is 0.0129. The maximum Gasteiger partial charge on any atom is 0.221 e. The van der Waals surface area contributed by atoms with Crippen molar-refractivity contribution in [3.63, 3.8) is 0 Å². The summed E-state index contributed by atoms with van der Waals surface area (Å²) in [5.41, 5.74) is 0.877. The van der Waals surface area contributed by atoms with E-state index in [2.05, 4.69) is 27.5 Å². The molecule has 0 aliphatic heterocycles. The predicted molar refractivity (Wildman–Crippen MR) is 83.4 cm³/mol. The number of aromatic amines is 1. The molecule has 0 spiro atoms. The number of H-pyrrole nitrogens is 1. The molecule has 120 valence electrons. The number of hydrogen-bond donors (Lipinski definition) is 3. The number of imidazole rings is 1. The highest BCUT2D eigenvalue weighted by Crippen LogP contribution is 2.13. The van der Waals surface area contributed by atoms with Crippen LogP contribution < -0.4 is 10.6 Å². The van der Waals surface area contributed by atoms with Gasteiger partial charge in [-0.05, 0) is 6.42 Å². The van der Waals surface area contributed by atoms with E-state index in [0.717, 1.165) is 30.8 Å². The maximum atomic E-state index is 11.5. The average Bonchev–Trinajstić information content (AvgIpc) is 2.82. The van der Waals surface area contributed by atoms with Crippen LogP contribution in [0.4, 0.5) is 0 Å². The van der Waals surface area contributed by atoms with Crippen molar-refractivity contribution in [2.24, 2.45) is 0 Å². The molecular formula is C14H25ClN4O2. The Morgan fingerprint density at radius 3 is 2.95 bits per heavy atom. The number of amides is 1. The summed E-state index contributed by atoms with van der Waals surface area (Å²) in [7, 11) is 1.61. The van der Waals surface area contributed by atoms with Crippen LogP contribution in [0.3, 0.4) is 0 Å². The van der Waals surface area contributed by atoms with Crippen molar-refractivity contribution in [3.8, 4) is 0 Å². The molecule has 6 nitrogen and oxygen atoms in total. The number of nitrogens with one attached hydrogen (secondary N) is 3. The van der Waals surface area contributed by atoms with E-state index in [4.69, 9.17) is 16.3 Å². The zero-order valence-corrected chi connectivity index (χ0v) is 13.6. The largest absolute Gasteiger partial charge is 0.383 e. The molecule has 0 aliphatic rings. The van der Waals surface area contributed by atoms with Crippen molar-refractivity contribution in [2.45, 2.75) is 39.2 Å². The number of unbranched alkanes of at least 4 members (excludes halogenated alkanes) is 1. The fourth-order valence-corrected chi connectivity index (χ4v) is 2.03. The van der Waals surface area contributed by atoms with Gasteiger partial charge in [0, 0.05) is 39.6 Å². The normalized spacial score (nSPS) is 10.8. The van der Waals surface area contributed by atoms with Crippen molar-refractivity contribution >= 4 is 17.5 Å². The van der Waals surface area contributed by atoms with E-state index in [1.165, 1.54) is 0 Å². The number of rotatable bonds is 11. The second-order valence-electron chi connectivity index (χ2n) is 4.83. The first-order chi connectivity index (χ1) is 10.2. The monoisotopic (exact) mass is 316 g/mol. The minimum atomic E-state index is 0.0129. The molecule has 0 atom stereocenters. The smallest absolute Gasteiger partial charge is 0.221 e. The van der Waals surface area contributed by atoms with E-state index < -0.39 is 0 Å². The number of ether oxygens (including phenoxy) is 1. The van der Waals surface area contributed by atoms with Gasteiger partial charge < -0.3 is 20.4 Å². The number of nitrogens with zero attached hydrogens (tertiary/aromatic N) is 1. The van der Waals surface area contributed by atoms with Gasteiger partial charge >= 0.3 is 0 Å². The minimum Gasteiger partial charge on any atom is -0.383 e. The van der Waals surface area contributed by atoms with Gasteiger partial charge in [-0.2, -0.15) is 0 Å². The van der Waals surface area contributed by atoms with E-state index in [0.29, 0.717) is 37.8 Å². The average molecular weight is 317 g/mol. The van der Waals surface area contributed by atoms with Crippen LogP contribution >= 0.6 is 11.6 Å². The molecule has 1 amide bonds. The summed E-state index contributed by atoms with van der Waals surface area (Å²) in [5, 5.41) is 6.47. The highest BCUT2D eigenvalue weighted by molar-refractivity contribution is 6.30. The molecule has 1 heterocycles. The van der Waals surface area contributed by atoms with Crippen LogP contribution in [0.1, 0.15) is 37.7 Å². The molecule has 7 heteroatoms. The fraction of sp³-hybridized carbons (Fsp3) is 0.714. The van der Waals surface area contributed by atoms with Crippen LogP contribution in [0.15, 0.2) is 0 Å². The highest BCUT2D eigenvalue weighted by atomic mass is 35.5. The van der Waals surface area contributed by atoms with Crippen LogP contribution in [-0.4, -0.2) is 42.7 Å². The van der Waals surface area contributed by atoms with Gasteiger partial charge in [-0.25, -0.2) is 4.98 Å². The van der Waals surface area contributed by atoms with Crippen molar-refractivity contribution in [1.82, 2.24) is 20.6 Å². The van der Waals surface area contributed by atoms with Gasteiger partial charge in [0.1, 0.15) is 5.82 Å². The number of hydrogen-bond acceptors (Lipinski definition) is 4. The summed E-state index contributed by atoms with van der Waals surface area (Å²) in [5.74, 6) is 0.940. The van der Waals surface area contributed by atoms with Crippen molar-refractivity contribution < 1.29 is 9.53 Å². The number of aryl methyl sites for hydroxylation is 1.